The summed E-state index contributed by atoms with van der Waals surface area (Å²) in [6, 6.07) is 14.4. The Hall–Kier alpha value is -5.00. The molecule has 12 nitrogen and oxygen atoms in total. The minimum Gasteiger partial charge on any atom is -0.493 e. The molecule has 12 heteroatoms. The number of nitro groups is 1. The highest BCUT2D eigenvalue weighted by atomic mass is 16.6. The van der Waals surface area contributed by atoms with E-state index in [9.17, 15) is 20.0 Å². The van der Waals surface area contributed by atoms with E-state index in [2.05, 4.69) is 20.2 Å². The number of benzene rings is 2. The second-order valence-corrected chi connectivity index (χ2v) is 6.78. The van der Waals surface area contributed by atoms with Gasteiger partial charge in [0.15, 0.2) is 18.1 Å². The molecular weight excluding hydrogens is 446 g/mol. The molecule has 0 amide bonds. The first-order valence-electron chi connectivity index (χ1n) is 9.79. The second kappa shape index (κ2) is 9.65. The van der Waals surface area contributed by atoms with E-state index in [1.165, 1.54) is 13.2 Å². The third kappa shape index (κ3) is 4.91. The first-order chi connectivity index (χ1) is 16.4. The Labute approximate surface area is 191 Å². The van der Waals surface area contributed by atoms with Crippen LogP contribution < -0.4 is 15.0 Å². The Morgan fingerprint density at radius 1 is 1.15 bits per heavy atom. The summed E-state index contributed by atoms with van der Waals surface area (Å²) in [5, 5.41) is 28.4. The summed E-state index contributed by atoms with van der Waals surface area (Å²) in [5.74, 6) is 0.495. The molecule has 0 aliphatic heterocycles. The first-order valence-corrected chi connectivity index (χ1v) is 9.79. The zero-order valence-electron chi connectivity index (χ0n) is 17.7. The summed E-state index contributed by atoms with van der Waals surface area (Å²) in [6.07, 6.45) is 2.95. The fraction of sp³-hybridized carbons (Fsp3) is 0.0909. The van der Waals surface area contributed by atoms with Gasteiger partial charge in [0.2, 0.25) is 5.89 Å². The van der Waals surface area contributed by atoms with Crippen LogP contribution in [0.25, 0.3) is 23.6 Å². The molecule has 0 bridgehead atoms. The molecule has 0 radical (unpaired) electrons. The Morgan fingerprint density at radius 2 is 1.94 bits per heavy atom. The minimum absolute atomic E-state index is 0.0264. The number of aromatic amines is 1. The summed E-state index contributed by atoms with van der Waals surface area (Å²) in [5.41, 5.74) is -0.631. The van der Waals surface area contributed by atoms with Crippen molar-refractivity contribution in [2.45, 2.75) is 6.61 Å². The molecule has 0 unspecified atom stereocenters. The van der Waals surface area contributed by atoms with Gasteiger partial charge in [-0.15, -0.1) is 10.2 Å². The molecule has 4 rings (SSSR count). The molecule has 2 aromatic heterocycles. The second-order valence-electron chi connectivity index (χ2n) is 6.78. The molecule has 4 aromatic rings. The van der Waals surface area contributed by atoms with Crippen molar-refractivity contribution in [2.75, 3.05) is 7.11 Å². The molecule has 2 heterocycles. The van der Waals surface area contributed by atoms with Crippen molar-refractivity contribution in [1.82, 2.24) is 20.2 Å². The van der Waals surface area contributed by atoms with Crippen LogP contribution in [0.2, 0.25) is 0 Å². The molecule has 0 aliphatic rings. The molecule has 2 aromatic carbocycles. The SMILES string of the molecule is COc1cc(/C=C/c2nc(O)c([N+](=O)[O-])c(=O)[nH]2)ccc1OCc1nnc(-c2ccccc2)o1. The minimum atomic E-state index is -1.06. The fourth-order valence-corrected chi connectivity index (χ4v) is 2.95. The lowest BCUT2D eigenvalue weighted by Gasteiger charge is -2.10. The highest BCUT2D eigenvalue weighted by molar-refractivity contribution is 5.68. The van der Waals surface area contributed by atoms with E-state index in [1.807, 2.05) is 30.3 Å². The number of methoxy groups -OCH3 is 1. The van der Waals surface area contributed by atoms with Crippen LogP contribution in [0.3, 0.4) is 0 Å². The lowest BCUT2D eigenvalue weighted by molar-refractivity contribution is -0.387. The van der Waals surface area contributed by atoms with Crippen molar-refractivity contribution in [1.29, 1.82) is 0 Å². The monoisotopic (exact) mass is 463 g/mol. The number of ether oxygens (including phenoxy) is 2. The molecule has 0 aliphatic carbocycles. The molecule has 172 valence electrons. The van der Waals surface area contributed by atoms with Crippen LogP contribution in [0, 0.1) is 10.1 Å². The van der Waals surface area contributed by atoms with E-state index in [0.717, 1.165) is 5.56 Å². The van der Waals surface area contributed by atoms with E-state index in [1.54, 1.807) is 24.3 Å². The van der Waals surface area contributed by atoms with Gasteiger partial charge < -0.3 is 24.0 Å². The number of nitrogens with one attached hydrogen (secondary N) is 1. The van der Waals surface area contributed by atoms with Crippen LogP contribution in [0.5, 0.6) is 17.4 Å². The lowest BCUT2D eigenvalue weighted by Crippen LogP contribution is -2.14. The highest BCUT2D eigenvalue weighted by Gasteiger charge is 2.21. The highest BCUT2D eigenvalue weighted by Crippen LogP contribution is 2.30. The Morgan fingerprint density at radius 3 is 2.65 bits per heavy atom. The van der Waals surface area contributed by atoms with Crippen molar-refractivity contribution < 1.29 is 23.9 Å². The molecular formula is C22H17N5O7. The maximum absolute atomic E-state index is 11.7. The number of H-pyrrole nitrogens is 1. The van der Waals surface area contributed by atoms with Gasteiger partial charge in [0, 0.05) is 5.56 Å². The Kier molecular flexibility index (Phi) is 6.30. The molecule has 2 N–H and O–H groups in total. The standard InChI is InChI=1S/C22H17N5O7/c1-32-16-11-13(8-10-17-23-20(28)19(27(30)31)21(29)24-17)7-9-15(16)33-12-18-25-26-22(34-18)14-5-3-2-4-6-14/h2-11H,12H2,1H3,(H2,23,24,28,29)/b10-8+. The molecule has 0 atom stereocenters. The number of aromatic nitrogens is 4. The van der Waals surface area contributed by atoms with Gasteiger partial charge in [-0.1, -0.05) is 30.3 Å². The normalized spacial score (nSPS) is 11.0. The van der Waals surface area contributed by atoms with Crippen LogP contribution in [-0.4, -0.2) is 37.3 Å². The Balaban J connectivity index is 1.46. The number of aromatic hydroxyl groups is 1. The first kappa shape index (κ1) is 22.2. The van der Waals surface area contributed by atoms with Crippen molar-refractivity contribution in [3.05, 3.63) is 86.3 Å². The summed E-state index contributed by atoms with van der Waals surface area (Å²) in [6.45, 7) is 0.0264. The third-order valence-electron chi connectivity index (χ3n) is 4.54. The van der Waals surface area contributed by atoms with E-state index in [-0.39, 0.29) is 18.3 Å². The van der Waals surface area contributed by atoms with Gasteiger partial charge in [-0.25, -0.2) is 0 Å². The zero-order valence-corrected chi connectivity index (χ0v) is 17.7. The van der Waals surface area contributed by atoms with E-state index in [4.69, 9.17) is 13.9 Å². The number of nitrogens with zero attached hydrogens (tertiary/aromatic N) is 4. The van der Waals surface area contributed by atoms with E-state index in [0.29, 0.717) is 23.0 Å². The lowest BCUT2D eigenvalue weighted by atomic mass is 10.2. The Bertz CT molecular complexity index is 1410. The molecule has 0 fully saturated rings. The average molecular weight is 463 g/mol. The van der Waals surface area contributed by atoms with Crippen molar-refractivity contribution >= 4 is 17.8 Å². The predicted octanol–water partition coefficient (Wildman–Crippen LogP) is 3.19. The average Bonchev–Trinajstić information content (AvgIpc) is 3.30. The van der Waals surface area contributed by atoms with E-state index < -0.39 is 22.0 Å². The van der Waals surface area contributed by atoms with Gasteiger partial charge in [0.25, 0.3) is 11.8 Å². The zero-order chi connectivity index (χ0) is 24.1. The van der Waals surface area contributed by atoms with Gasteiger partial charge in [-0.05, 0) is 35.9 Å². The molecule has 34 heavy (non-hydrogen) atoms. The molecule has 0 spiro atoms. The summed E-state index contributed by atoms with van der Waals surface area (Å²) >= 11 is 0. The third-order valence-corrected chi connectivity index (χ3v) is 4.54. The van der Waals surface area contributed by atoms with Crippen LogP contribution in [-0.2, 0) is 6.61 Å². The van der Waals surface area contributed by atoms with Gasteiger partial charge >= 0.3 is 11.2 Å². The maximum atomic E-state index is 11.7. The predicted molar refractivity (Wildman–Crippen MR) is 119 cm³/mol. The van der Waals surface area contributed by atoms with Gasteiger partial charge in [0.1, 0.15) is 5.82 Å². The number of hydrogen-bond donors (Lipinski definition) is 2. The molecule has 0 saturated carbocycles. The van der Waals surface area contributed by atoms with Crippen molar-refractivity contribution in [3.63, 3.8) is 0 Å². The summed E-state index contributed by atoms with van der Waals surface area (Å²) in [7, 11) is 1.48. The van der Waals surface area contributed by atoms with Crippen LogP contribution >= 0.6 is 0 Å². The number of hydrogen-bond acceptors (Lipinski definition) is 10. The molecule has 0 saturated heterocycles. The van der Waals surface area contributed by atoms with Crippen LogP contribution in [0.1, 0.15) is 17.3 Å². The van der Waals surface area contributed by atoms with Crippen molar-refractivity contribution in [3.8, 4) is 28.8 Å². The van der Waals surface area contributed by atoms with Crippen LogP contribution in [0.15, 0.2) is 57.7 Å². The van der Waals surface area contributed by atoms with Crippen LogP contribution in [0.4, 0.5) is 5.69 Å². The summed E-state index contributed by atoms with van der Waals surface area (Å²) < 4.78 is 16.7. The topological polar surface area (TPSA) is 166 Å². The number of rotatable bonds is 8. The fourth-order valence-electron chi connectivity index (χ4n) is 2.95. The summed E-state index contributed by atoms with van der Waals surface area (Å²) in [4.78, 5) is 27.4. The maximum Gasteiger partial charge on any atom is 0.395 e. The largest absolute Gasteiger partial charge is 0.493 e. The van der Waals surface area contributed by atoms with Gasteiger partial charge in [-0.3, -0.25) is 14.9 Å². The van der Waals surface area contributed by atoms with Gasteiger partial charge in [0.05, 0.1) is 12.0 Å². The van der Waals surface area contributed by atoms with E-state index >= 15 is 0 Å². The smallest absolute Gasteiger partial charge is 0.395 e. The van der Waals surface area contributed by atoms with Crippen molar-refractivity contribution in [2.24, 2.45) is 0 Å². The quantitative estimate of drug-likeness (QED) is 0.292. The van der Waals surface area contributed by atoms with Gasteiger partial charge in [-0.2, -0.15) is 4.98 Å².